The predicted molar refractivity (Wildman–Crippen MR) is 66.2 cm³/mol. The van der Waals surface area contributed by atoms with Gasteiger partial charge in [-0.05, 0) is 43.0 Å². The van der Waals surface area contributed by atoms with Gasteiger partial charge in [-0.25, -0.2) is 0 Å². The Labute approximate surface area is 101 Å². The number of hydrogen-bond acceptors (Lipinski definition) is 3. The molecule has 0 amide bonds. The maximum Gasteiger partial charge on any atom is 0.303 e. The highest BCUT2D eigenvalue weighted by atomic mass is 16.5. The molecule has 0 aliphatic carbocycles. The van der Waals surface area contributed by atoms with E-state index in [1.165, 1.54) is 0 Å². The Kier molecular flexibility index (Phi) is 4.97. The number of aliphatic carboxylic acids is 1. The van der Waals surface area contributed by atoms with Crippen molar-refractivity contribution < 1.29 is 14.6 Å². The van der Waals surface area contributed by atoms with E-state index in [2.05, 4.69) is 0 Å². The van der Waals surface area contributed by atoms with Gasteiger partial charge in [-0.15, -0.1) is 0 Å². The minimum absolute atomic E-state index is 0.0136. The topological polar surface area (TPSA) is 72.5 Å². The number of carboxylic acid groups (broad SMARTS) is 1. The van der Waals surface area contributed by atoms with E-state index in [4.69, 9.17) is 15.6 Å². The zero-order valence-corrected chi connectivity index (χ0v) is 10.3. The molecule has 1 atom stereocenters. The molecular formula is C13H19NO3. The molecule has 3 N–H and O–H groups in total. The maximum atomic E-state index is 10.7. The average molecular weight is 237 g/mol. The van der Waals surface area contributed by atoms with E-state index in [1.807, 2.05) is 25.1 Å². The molecule has 0 radical (unpaired) electrons. The van der Waals surface area contributed by atoms with Gasteiger partial charge in [-0.3, -0.25) is 4.79 Å². The molecule has 0 bridgehead atoms. The number of aryl methyl sites for hydroxylation is 1. The zero-order chi connectivity index (χ0) is 12.8. The van der Waals surface area contributed by atoms with Crippen LogP contribution in [0.25, 0.3) is 0 Å². The molecule has 0 aliphatic rings. The van der Waals surface area contributed by atoms with Gasteiger partial charge in [0.05, 0.1) is 7.11 Å². The summed E-state index contributed by atoms with van der Waals surface area (Å²) in [5.41, 5.74) is 7.72. The molecule has 94 valence electrons. The van der Waals surface area contributed by atoms with Gasteiger partial charge in [-0.2, -0.15) is 0 Å². The average Bonchev–Trinajstić information content (AvgIpc) is 2.27. The molecule has 0 heterocycles. The fourth-order valence-corrected chi connectivity index (χ4v) is 1.89. The van der Waals surface area contributed by atoms with Gasteiger partial charge in [0.15, 0.2) is 0 Å². The third kappa shape index (κ3) is 4.07. The summed E-state index contributed by atoms with van der Waals surface area (Å²) in [7, 11) is 1.63. The van der Waals surface area contributed by atoms with Gasteiger partial charge >= 0.3 is 5.97 Å². The summed E-state index contributed by atoms with van der Waals surface area (Å²) in [6, 6.07) is 5.87. The molecule has 1 unspecified atom stereocenters. The maximum absolute atomic E-state index is 10.7. The van der Waals surface area contributed by atoms with Crippen molar-refractivity contribution in [3.8, 4) is 5.75 Å². The lowest BCUT2D eigenvalue weighted by Gasteiger charge is -2.13. The minimum atomic E-state index is -0.800. The molecule has 0 fully saturated rings. The second-order valence-corrected chi connectivity index (χ2v) is 4.21. The van der Waals surface area contributed by atoms with Crippen LogP contribution in [0.5, 0.6) is 5.75 Å². The van der Waals surface area contributed by atoms with Crippen LogP contribution in [0.15, 0.2) is 18.2 Å². The lowest BCUT2D eigenvalue weighted by molar-refractivity contribution is -0.138. The fraction of sp³-hybridized carbons (Fsp3) is 0.462. The number of carbonyl (C=O) groups is 1. The molecule has 0 saturated heterocycles. The van der Waals surface area contributed by atoms with Gasteiger partial charge in [0.25, 0.3) is 0 Å². The highest BCUT2D eigenvalue weighted by molar-refractivity contribution is 5.67. The molecule has 1 aromatic carbocycles. The molecule has 17 heavy (non-hydrogen) atoms. The van der Waals surface area contributed by atoms with Gasteiger partial charge in [0.2, 0.25) is 0 Å². The van der Waals surface area contributed by atoms with Crippen LogP contribution in [0.4, 0.5) is 0 Å². The Bertz CT molecular complexity index is 390. The zero-order valence-electron chi connectivity index (χ0n) is 10.3. The summed E-state index contributed by atoms with van der Waals surface area (Å²) in [4.78, 5) is 10.7. The van der Waals surface area contributed by atoms with Crippen molar-refractivity contribution in [1.29, 1.82) is 0 Å². The van der Waals surface area contributed by atoms with Crippen molar-refractivity contribution in [3.05, 3.63) is 29.3 Å². The van der Waals surface area contributed by atoms with Crippen molar-refractivity contribution in [2.24, 2.45) is 11.7 Å². The van der Waals surface area contributed by atoms with Gasteiger partial charge in [0, 0.05) is 6.42 Å². The first-order valence-electron chi connectivity index (χ1n) is 5.62. The van der Waals surface area contributed by atoms with E-state index in [9.17, 15) is 4.79 Å². The Morgan fingerprint density at radius 3 is 2.71 bits per heavy atom. The van der Waals surface area contributed by atoms with Gasteiger partial charge < -0.3 is 15.6 Å². The molecule has 0 saturated carbocycles. The Balaban J connectivity index is 2.73. The van der Waals surface area contributed by atoms with E-state index < -0.39 is 5.97 Å². The number of rotatable bonds is 6. The number of nitrogens with two attached hydrogens (primary N) is 1. The van der Waals surface area contributed by atoms with Crippen LogP contribution in [0.3, 0.4) is 0 Å². The van der Waals surface area contributed by atoms with Crippen molar-refractivity contribution in [2.75, 3.05) is 13.7 Å². The van der Waals surface area contributed by atoms with E-state index in [0.717, 1.165) is 16.9 Å². The van der Waals surface area contributed by atoms with Gasteiger partial charge in [0.1, 0.15) is 5.75 Å². The Hall–Kier alpha value is -1.55. The molecule has 0 aromatic heterocycles. The molecule has 0 spiro atoms. The van der Waals surface area contributed by atoms with Crippen molar-refractivity contribution in [3.63, 3.8) is 0 Å². The summed E-state index contributed by atoms with van der Waals surface area (Å²) in [6.07, 6.45) is 0.801. The largest absolute Gasteiger partial charge is 0.496 e. The van der Waals surface area contributed by atoms with Crippen LogP contribution >= 0.6 is 0 Å². The van der Waals surface area contributed by atoms with Crippen molar-refractivity contribution in [2.45, 2.75) is 19.8 Å². The number of methoxy groups -OCH3 is 1. The van der Waals surface area contributed by atoms with Gasteiger partial charge in [-0.1, -0.05) is 12.1 Å². The van der Waals surface area contributed by atoms with E-state index in [0.29, 0.717) is 13.0 Å². The van der Waals surface area contributed by atoms with Crippen LogP contribution in [-0.4, -0.2) is 24.7 Å². The third-order valence-corrected chi connectivity index (χ3v) is 2.78. The summed E-state index contributed by atoms with van der Waals surface area (Å²) in [6.45, 7) is 2.36. The molecule has 1 aromatic rings. The summed E-state index contributed by atoms with van der Waals surface area (Å²) in [5, 5.41) is 8.75. The number of hydrogen-bond donors (Lipinski definition) is 2. The number of carboxylic acids is 1. The fourth-order valence-electron chi connectivity index (χ4n) is 1.89. The summed E-state index contributed by atoms with van der Waals surface area (Å²) in [5.74, 6) is 0.0299. The number of benzene rings is 1. The van der Waals surface area contributed by atoms with E-state index in [1.54, 1.807) is 7.11 Å². The SMILES string of the molecule is COc1ccc(CC(CN)CC(=O)O)cc1C. The van der Waals surface area contributed by atoms with Crippen LogP contribution in [-0.2, 0) is 11.2 Å². The smallest absolute Gasteiger partial charge is 0.303 e. The second-order valence-electron chi connectivity index (χ2n) is 4.21. The van der Waals surface area contributed by atoms with Crippen LogP contribution in [0.2, 0.25) is 0 Å². The quantitative estimate of drug-likeness (QED) is 0.788. The highest BCUT2D eigenvalue weighted by Crippen LogP contribution is 2.20. The first-order chi connectivity index (χ1) is 8.06. The predicted octanol–water partition coefficient (Wildman–Crippen LogP) is 1.60. The van der Waals surface area contributed by atoms with Crippen LogP contribution in [0, 0.1) is 12.8 Å². The standard InChI is InChI=1S/C13H19NO3/c1-9-5-10(3-4-12(9)17-2)6-11(8-14)7-13(15)16/h3-5,11H,6-8,14H2,1-2H3,(H,15,16). The minimum Gasteiger partial charge on any atom is -0.496 e. The molecule has 1 rings (SSSR count). The normalized spacial score (nSPS) is 12.2. The van der Waals surface area contributed by atoms with Crippen LogP contribution < -0.4 is 10.5 Å². The molecule has 4 nitrogen and oxygen atoms in total. The lowest BCUT2D eigenvalue weighted by atomic mass is 9.95. The van der Waals surface area contributed by atoms with E-state index in [-0.39, 0.29) is 12.3 Å². The second kappa shape index (κ2) is 6.25. The summed E-state index contributed by atoms with van der Waals surface area (Å²) >= 11 is 0. The Morgan fingerprint density at radius 2 is 2.24 bits per heavy atom. The monoisotopic (exact) mass is 237 g/mol. The Morgan fingerprint density at radius 1 is 1.53 bits per heavy atom. The number of ether oxygens (including phenoxy) is 1. The molecule has 4 heteroatoms. The first kappa shape index (κ1) is 13.5. The first-order valence-corrected chi connectivity index (χ1v) is 5.62. The van der Waals surface area contributed by atoms with E-state index >= 15 is 0 Å². The van der Waals surface area contributed by atoms with Crippen molar-refractivity contribution >= 4 is 5.97 Å². The molecular weight excluding hydrogens is 218 g/mol. The molecule has 0 aliphatic heterocycles. The van der Waals surface area contributed by atoms with Crippen molar-refractivity contribution in [1.82, 2.24) is 0 Å². The third-order valence-electron chi connectivity index (χ3n) is 2.78. The summed E-state index contributed by atoms with van der Waals surface area (Å²) < 4.78 is 5.18. The highest BCUT2D eigenvalue weighted by Gasteiger charge is 2.12. The lowest BCUT2D eigenvalue weighted by Crippen LogP contribution is -2.20. The van der Waals surface area contributed by atoms with Crippen LogP contribution in [0.1, 0.15) is 17.5 Å².